The molecule has 1 nitrogen and oxygen atoms in total. The van der Waals surface area contributed by atoms with Crippen molar-refractivity contribution in [1.29, 1.82) is 0 Å². The zero-order chi connectivity index (χ0) is 13.8. The summed E-state index contributed by atoms with van der Waals surface area (Å²) in [7, 11) is 1.96. The van der Waals surface area contributed by atoms with E-state index in [4.69, 9.17) is 0 Å². The molecule has 0 amide bonds. The van der Waals surface area contributed by atoms with Crippen molar-refractivity contribution in [2.24, 2.45) is 0 Å². The van der Waals surface area contributed by atoms with Crippen LogP contribution in [-0.4, -0.2) is 7.05 Å². The average molecular weight is 251 g/mol. The third kappa shape index (κ3) is 3.25. The van der Waals surface area contributed by atoms with Gasteiger partial charge in [0.2, 0.25) is 0 Å². The number of allylic oxidation sites excluding steroid dienone is 1. The van der Waals surface area contributed by atoms with Gasteiger partial charge >= 0.3 is 0 Å². The van der Waals surface area contributed by atoms with Gasteiger partial charge in [0.15, 0.2) is 0 Å². The van der Waals surface area contributed by atoms with Gasteiger partial charge in [-0.05, 0) is 55.7 Å². The van der Waals surface area contributed by atoms with Gasteiger partial charge in [0.05, 0.1) is 0 Å². The average Bonchev–Trinajstić information content (AvgIpc) is 2.39. The molecule has 0 fully saturated rings. The lowest BCUT2D eigenvalue weighted by Crippen LogP contribution is -1.92. The van der Waals surface area contributed by atoms with Crippen molar-refractivity contribution in [1.82, 2.24) is 0 Å². The lowest BCUT2D eigenvalue weighted by atomic mass is 10.0. The molecule has 0 saturated carbocycles. The van der Waals surface area contributed by atoms with Crippen molar-refractivity contribution in [3.63, 3.8) is 0 Å². The van der Waals surface area contributed by atoms with E-state index in [1.165, 1.54) is 27.8 Å². The third-order valence-electron chi connectivity index (χ3n) is 3.32. The van der Waals surface area contributed by atoms with Crippen LogP contribution in [0.5, 0.6) is 0 Å². The van der Waals surface area contributed by atoms with E-state index in [9.17, 15) is 0 Å². The first-order chi connectivity index (χ1) is 9.10. The minimum absolute atomic E-state index is 1.16. The van der Waals surface area contributed by atoms with Gasteiger partial charge in [-0.2, -0.15) is 0 Å². The van der Waals surface area contributed by atoms with Crippen molar-refractivity contribution in [2.75, 3.05) is 12.4 Å². The highest BCUT2D eigenvalue weighted by Crippen LogP contribution is 2.24. The Morgan fingerprint density at radius 1 is 1.00 bits per heavy atom. The number of anilines is 1. The van der Waals surface area contributed by atoms with Crippen molar-refractivity contribution in [2.45, 2.75) is 20.8 Å². The molecule has 0 aliphatic heterocycles. The van der Waals surface area contributed by atoms with E-state index in [1.54, 1.807) is 0 Å². The Labute approximate surface area is 116 Å². The third-order valence-corrected chi connectivity index (χ3v) is 3.32. The molecule has 0 radical (unpaired) electrons. The van der Waals surface area contributed by atoms with Gasteiger partial charge in [-0.1, -0.05) is 41.5 Å². The molecule has 2 aromatic rings. The zero-order valence-electron chi connectivity index (χ0n) is 12.1. The quantitative estimate of drug-likeness (QED) is 0.765. The van der Waals surface area contributed by atoms with E-state index >= 15 is 0 Å². The Kier molecular flexibility index (Phi) is 4.06. The summed E-state index contributed by atoms with van der Waals surface area (Å²) in [6, 6.07) is 15.1. The summed E-state index contributed by atoms with van der Waals surface area (Å²) in [6.07, 6.45) is 2.24. The van der Waals surface area contributed by atoms with Gasteiger partial charge in [-0.3, -0.25) is 0 Å². The number of nitrogens with one attached hydrogen (secondary N) is 1. The van der Waals surface area contributed by atoms with Crippen LogP contribution < -0.4 is 5.32 Å². The molecule has 98 valence electrons. The second-order valence-electron chi connectivity index (χ2n) is 5.04. The Bertz CT molecular complexity index is 609. The maximum atomic E-state index is 3.25. The Morgan fingerprint density at radius 2 is 1.74 bits per heavy atom. The van der Waals surface area contributed by atoms with E-state index in [1.807, 2.05) is 7.05 Å². The normalized spacial score (nSPS) is 11.5. The number of aryl methyl sites for hydroxylation is 2. The molecule has 0 aromatic heterocycles. The first-order valence-electron chi connectivity index (χ1n) is 6.64. The van der Waals surface area contributed by atoms with Gasteiger partial charge in [0.1, 0.15) is 0 Å². The summed E-state index contributed by atoms with van der Waals surface area (Å²) in [6.45, 7) is 6.41. The maximum Gasteiger partial charge on any atom is 0.0411 e. The van der Waals surface area contributed by atoms with E-state index in [-0.39, 0.29) is 0 Å². The molecule has 0 heterocycles. The molecule has 19 heavy (non-hydrogen) atoms. The summed E-state index contributed by atoms with van der Waals surface area (Å²) in [5.74, 6) is 0. The topological polar surface area (TPSA) is 12.0 Å². The van der Waals surface area contributed by atoms with Crippen LogP contribution in [0.2, 0.25) is 0 Å². The number of hydrogen-bond donors (Lipinski definition) is 1. The molecule has 0 spiro atoms. The highest BCUT2D eigenvalue weighted by atomic mass is 14.8. The van der Waals surface area contributed by atoms with E-state index in [0.29, 0.717) is 0 Å². The Hall–Kier alpha value is -2.02. The second-order valence-corrected chi connectivity index (χ2v) is 5.04. The summed E-state index contributed by atoms with van der Waals surface area (Å²) >= 11 is 0. The largest absolute Gasteiger partial charge is 0.388 e. The molecule has 0 aliphatic carbocycles. The lowest BCUT2D eigenvalue weighted by molar-refractivity contribution is 1.41. The maximum absolute atomic E-state index is 3.25. The van der Waals surface area contributed by atoms with Crippen molar-refractivity contribution in [3.05, 3.63) is 64.7 Å². The lowest BCUT2D eigenvalue weighted by Gasteiger charge is -2.09. The summed E-state index contributed by atoms with van der Waals surface area (Å²) in [5.41, 5.74) is 7.54. The first kappa shape index (κ1) is 13.4. The van der Waals surface area contributed by atoms with E-state index < -0.39 is 0 Å². The van der Waals surface area contributed by atoms with Crippen LogP contribution in [0.3, 0.4) is 0 Å². The molecule has 0 unspecified atom stereocenters. The Morgan fingerprint density at radius 3 is 2.42 bits per heavy atom. The van der Waals surface area contributed by atoms with Gasteiger partial charge in [-0.15, -0.1) is 0 Å². The predicted octanol–water partition coefficient (Wildman–Crippen LogP) is 4.91. The molecule has 0 saturated heterocycles. The molecule has 2 aromatic carbocycles. The van der Waals surface area contributed by atoms with Gasteiger partial charge in [0.25, 0.3) is 0 Å². The van der Waals surface area contributed by atoms with Crippen LogP contribution in [0, 0.1) is 13.8 Å². The summed E-state index contributed by atoms with van der Waals surface area (Å²) in [4.78, 5) is 0. The van der Waals surface area contributed by atoms with Crippen molar-refractivity contribution < 1.29 is 0 Å². The fourth-order valence-electron chi connectivity index (χ4n) is 2.24. The Balaban J connectivity index is 2.43. The summed E-state index contributed by atoms with van der Waals surface area (Å²) in [5, 5.41) is 3.25. The first-order valence-corrected chi connectivity index (χ1v) is 6.64. The van der Waals surface area contributed by atoms with Crippen LogP contribution in [0.25, 0.3) is 11.6 Å². The molecule has 0 bridgehead atoms. The molecule has 1 heteroatoms. The van der Waals surface area contributed by atoms with Crippen LogP contribution in [0.4, 0.5) is 5.69 Å². The number of hydrogen-bond acceptors (Lipinski definition) is 1. The monoisotopic (exact) mass is 251 g/mol. The smallest absolute Gasteiger partial charge is 0.0411 e. The van der Waals surface area contributed by atoms with Gasteiger partial charge < -0.3 is 5.32 Å². The second kappa shape index (κ2) is 5.75. The van der Waals surface area contributed by atoms with Crippen LogP contribution in [0.15, 0.2) is 42.5 Å². The van der Waals surface area contributed by atoms with Crippen LogP contribution >= 0.6 is 0 Å². The fourth-order valence-corrected chi connectivity index (χ4v) is 2.24. The van der Waals surface area contributed by atoms with Crippen LogP contribution in [0.1, 0.15) is 29.2 Å². The SMILES string of the molecule is CNc1ccc(C)cc1/C=C(\C)c1cccc(C)c1. The van der Waals surface area contributed by atoms with E-state index in [2.05, 4.69) is 74.6 Å². The predicted molar refractivity (Wildman–Crippen MR) is 85.4 cm³/mol. The fraction of sp³-hybridized carbons (Fsp3) is 0.222. The minimum atomic E-state index is 1.16. The molecule has 2 rings (SSSR count). The standard InChI is InChI=1S/C18H21N/c1-13-6-5-7-16(10-13)15(3)12-17-11-14(2)8-9-18(17)19-4/h5-12,19H,1-4H3/b15-12+. The number of rotatable bonds is 3. The molecule has 0 aliphatic rings. The minimum Gasteiger partial charge on any atom is -0.388 e. The van der Waals surface area contributed by atoms with Gasteiger partial charge in [0, 0.05) is 12.7 Å². The molecular formula is C18H21N. The molecular weight excluding hydrogens is 230 g/mol. The van der Waals surface area contributed by atoms with Crippen molar-refractivity contribution in [3.8, 4) is 0 Å². The molecule has 1 N–H and O–H groups in total. The summed E-state index contributed by atoms with van der Waals surface area (Å²) < 4.78 is 0. The molecule has 0 atom stereocenters. The van der Waals surface area contributed by atoms with E-state index in [0.717, 1.165) is 5.69 Å². The number of benzene rings is 2. The highest BCUT2D eigenvalue weighted by Gasteiger charge is 2.01. The highest BCUT2D eigenvalue weighted by molar-refractivity contribution is 5.84. The van der Waals surface area contributed by atoms with Crippen LogP contribution in [-0.2, 0) is 0 Å². The van der Waals surface area contributed by atoms with Crippen molar-refractivity contribution >= 4 is 17.3 Å². The zero-order valence-corrected chi connectivity index (χ0v) is 12.1. The van der Waals surface area contributed by atoms with Gasteiger partial charge in [-0.25, -0.2) is 0 Å².